The average molecular weight is 421 g/mol. The zero-order valence-electron chi connectivity index (χ0n) is 14.3. The molecule has 0 bridgehead atoms. The summed E-state index contributed by atoms with van der Waals surface area (Å²) in [5.41, 5.74) is 0.300. The number of sulfone groups is 1. The van der Waals surface area contributed by atoms with E-state index in [1.54, 1.807) is 54.6 Å². The number of hydrogen-bond acceptors (Lipinski definition) is 5. The van der Waals surface area contributed by atoms with Gasteiger partial charge in [-0.1, -0.05) is 47.6 Å². The Bertz CT molecular complexity index is 1140. The Morgan fingerprint density at radius 3 is 2.63 bits per heavy atom. The zero-order chi connectivity index (χ0) is 19.4. The number of thioether (sulfide) groups is 1. The average Bonchev–Trinajstić information content (AvgIpc) is 2.66. The minimum absolute atomic E-state index is 0.0513. The molecular weight excluding hydrogens is 404 g/mol. The molecule has 140 valence electrons. The molecule has 3 rings (SSSR count). The van der Waals surface area contributed by atoms with Crippen molar-refractivity contribution in [1.82, 2.24) is 9.55 Å². The number of rotatable bonds is 7. The Morgan fingerprint density at radius 1 is 1.19 bits per heavy atom. The second kappa shape index (κ2) is 8.29. The summed E-state index contributed by atoms with van der Waals surface area (Å²) >= 11 is 7.22. The van der Waals surface area contributed by atoms with Gasteiger partial charge in [-0.05, 0) is 30.3 Å². The molecule has 0 unspecified atom stereocenters. The van der Waals surface area contributed by atoms with Crippen LogP contribution in [0.4, 0.5) is 0 Å². The lowest BCUT2D eigenvalue weighted by Gasteiger charge is -2.11. The molecule has 0 saturated carbocycles. The lowest BCUT2D eigenvalue weighted by molar-refractivity contribution is 0.597. The maximum atomic E-state index is 12.8. The first kappa shape index (κ1) is 19.7. The van der Waals surface area contributed by atoms with Crippen molar-refractivity contribution in [2.45, 2.75) is 16.6 Å². The van der Waals surface area contributed by atoms with Crippen molar-refractivity contribution in [3.63, 3.8) is 0 Å². The van der Waals surface area contributed by atoms with Gasteiger partial charge >= 0.3 is 0 Å². The van der Waals surface area contributed by atoms with Gasteiger partial charge in [0, 0.05) is 17.3 Å². The summed E-state index contributed by atoms with van der Waals surface area (Å²) in [6.45, 7) is 3.96. The van der Waals surface area contributed by atoms with Crippen molar-refractivity contribution in [1.29, 1.82) is 0 Å². The summed E-state index contributed by atoms with van der Waals surface area (Å²) < 4.78 is 26.3. The highest BCUT2D eigenvalue weighted by Gasteiger charge is 2.16. The van der Waals surface area contributed by atoms with Gasteiger partial charge in [-0.2, -0.15) is 0 Å². The lowest BCUT2D eigenvalue weighted by Crippen LogP contribution is -2.23. The van der Waals surface area contributed by atoms with Crippen molar-refractivity contribution in [3.8, 4) is 0 Å². The van der Waals surface area contributed by atoms with Gasteiger partial charge in [-0.3, -0.25) is 9.36 Å². The third-order valence-electron chi connectivity index (χ3n) is 3.88. The van der Waals surface area contributed by atoms with Crippen LogP contribution in [0.2, 0.25) is 5.02 Å². The quantitative estimate of drug-likeness (QED) is 0.330. The minimum atomic E-state index is -3.39. The molecule has 27 heavy (non-hydrogen) atoms. The highest BCUT2D eigenvalue weighted by atomic mass is 35.5. The van der Waals surface area contributed by atoms with Gasteiger partial charge in [0.2, 0.25) is 0 Å². The first-order chi connectivity index (χ1) is 12.9. The van der Waals surface area contributed by atoms with Crippen molar-refractivity contribution in [2.24, 2.45) is 0 Å². The van der Waals surface area contributed by atoms with E-state index in [-0.39, 0.29) is 28.5 Å². The van der Waals surface area contributed by atoms with Gasteiger partial charge in [-0.25, -0.2) is 13.4 Å². The Morgan fingerprint density at radius 2 is 1.93 bits per heavy atom. The summed E-state index contributed by atoms with van der Waals surface area (Å²) in [4.78, 5) is 17.6. The number of hydrogen-bond donors (Lipinski definition) is 0. The molecule has 1 heterocycles. The molecule has 0 aliphatic heterocycles. The fourth-order valence-corrected chi connectivity index (χ4v) is 5.41. The highest BCUT2D eigenvalue weighted by molar-refractivity contribution is 8.00. The van der Waals surface area contributed by atoms with Crippen LogP contribution in [-0.2, 0) is 16.4 Å². The summed E-state index contributed by atoms with van der Waals surface area (Å²) in [5.74, 6) is 0.226. The Hall–Kier alpha value is -2.09. The van der Waals surface area contributed by atoms with E-state index in [4.69, 9.17) is 11.6 Å². The highest BCUT2D eigenvalue weighted by Crippen LogP contribution is 2.21. The second-order valence-electron chi connectivity index (χ2n) is 5.74. The molecule has 0 amide bonds. The fraction of sp³-hybridized carbons (Fsp3) is 0.158. The van der Waals surface area contributed by atoms with E-state index in [0.29, 0.717) is 21.1 Å². The number of nitrogens with zero attached hydrogens (tertiary/aromatic N) is 2. The van der Waals surface area contributed by atoms with Crippen molar-refractivity contribution < 1.29 is 8.42 Å². The van der Waals surface area contributed by atoms with Crippen molar-refractivity contribution >= 4 is 44.1 Å². The van der Waals surface area contributed by atoms with Crippen LogP contribution in [0.15, 0.2) is 76.0 Å². The van der Waals surface area contributed by atoms with Gasteiger partial charge in [0.05, 0.1) is 21.6 Å². The van der Waals surface area contributed by atoms with Gasteiger partial charge in [0.15, 0.2) is 15.0 Å². The van der Waals surface area contributed by atoms with Gasteiger partial charge < -0.3 is 0 Å². The molecule has 0 aliphatic rings. The van der Waals surface area contributed by atoms with Crippen molar-refractivity contribution in [2.75, 3.05) is 11.5 Å². The Labute approximate surface area is 166 Å². The predicted molar refractivity (Wildman–Crippen MR) is 110 cm³/mol. The predicted octanol–water partition coefficient (Wildman–Crippen LogP) is 3.80. The normalized spacial score (nSPS) is 11.6. The van der Waals surface area contributed by atoms with E-state index in [1.807, 2.05) is 0 Å². The Kier molecular flexibility index (Phi) is 6.04. The van der Waals surface area contributed by atoms with Crippen LogP contribution < -0.4 is 5.56 Å². The van der Waals surface area contributed by atoms with Crippen LogP contribution in [-0.4, -0.2) is 29.5 Å². The largest absolute Gasteiger partial charge is 0.283 e. The van der Waals surface area contributed by atoms with Gasteiger partial charge in [-0.15, -0.1) is 6.58 Å². The van der Waals surface area contributed by atoms with E-state index in [9.17, 15) is 13.2 Å². The van der Waals surface area contributed by atoms with E-state index < -0.39 is 9.84 Å². The van der Waals surface area contributed by atoms with E-state index in [0.717, 1.165) is 0 Å². The molecule has 0 aliphatic carbocycles. The summed E-state index contributed by atoms with van der Waals surface area (Å²) in [5, 5.41) is 1.34. The minimum Gasteiger partial charge on any atom is -0.283 e. The van der Waals surface area contributed by atoms with Crippen LogP contribution in [0.1, 0.15) is 0 Å². The second-order valence-corrected chi connectivity index (χ2v) is 9.35. The molecule has 0 saturated heterocycles. The van der Waals surface area contributed by atoms with Crippen LogP contribution in [0.5, 0.6) is 0 Å². The van der Waals surface area contributed by atoms with Crippen LogP contribution in [0.25, 0.3) is 10.9 Å². The van der Waals surface area contributed by atoms with Crippen LogP contribution in [0, 0.1) is 0 Å². The third kappa shape index (κ3) is 4.43. The zero-order valence-corrected chi connectivity index (χ0v) is 16.7. The topological polar surface area (TPSA) is 69.0 Å². The standard InChI is InChI=1S/C19H17ClN2O3S2/c1-2-10-22-18(23)16-13-14(20)8-9-17(16)21-19(22)26-11-12-27(24,25)15-6-4-3-5-7-15/h2-9,13H,1,10-12H2. The molecule has 0 spiro atoms. The molecule has 0 fully saturated rings. The lowest BCUT2D eigenvalue weighted by atomic mass is 10.2. The van der Waals surface area contributed by atoms with Crippen LogP contribution >= 0.6 is 23.4 Å². The number of aromatic nitrogens is 2. The SMILES string of the molecule is C=CCn1c(SCCS(=O)(=O)c2ccccc2)nc2ccc(Cl)cc2c1=O. The first-order valence-corrected chi connectivity index (χ1v) is 11.2. The fourth-order valence-electron chi connectivity index (χ4n) is 2.56. The van der Waals surface area contributed by atoms with E-state index in [1.165, 1.54) is 16.3 Å². The molecule has 8 heteroatoms. The summed E-state index contributed by atoms with van der Waals surface area (Å²) in [6, 6.07) is 13.2. The molecule has 1 aromatic heterocycles. The molecule has 2 aromatic carbocycles. The molecular formula is C19H17ClN2O3S2. The van der Waals surface area contributed by atoms with Gasteiger partial charge in [0.1, 0.15) is 0 Å². The molecule has 0 atom stereocenters. The third-order valence-corrected chi connectivity index (χ3v) is 7.08. The first-order valence-electron chi connectivity index (χ1n) is 8.14. The maximum absolute atomic E-state index is 12.8. The summed E-state index contributed by atoms with van der Waals surface area (Å²) in [6.07, 6.45) is 1.60. The van der Waals surface area contributed by atoms with Gasteiger partial charge in [0.25, 0.3) is 5.56 Å². The van der Waals surface area contributed by atoms with Crippen LogP contribution in [0.3, 0.4) is 0 Å². The number of halogens is 1. The molecule has 3 aromatic rings. The number of benzene rings is 2. The Balaban J connectivity index is 1.88. The molecule has 0 N–H and O–H groups in total. The number of fused-ring (bicyclic) bond motifs is 1. The molecule has 5 nitrogen and oxygen atoms in total. The monoisotopic (exact) mass is 420 g/mol. The summed E-state index contributed by atoms with van der Waals surface area (Å²) in [7, 11) is -3.39. The van der Waals surface area contributed by atoms with E-state index >= 15 is 0 Å². The van der Waals surface area contributed by atoms with E-state index in [2.05, 4.69) is 11.6 Å². The smallest absolute Gasteiger partial charge is 0.262 e. The maximum Gasteiger partial charge on any atom is 0.262 e. The molecule has 0 radical (unpaired) electrons. The van der Waals surface area contributed by atoms with Crippen molar-refractivity contribution in [3.05, 3.63) is 76.6 Å². The number of allylic oxidation sites excluding steroid dienone is 1.